The van der Waals surface area contributed by atoms with Crippen LogP contribution in [0.3, 0.4) is 0 Å². The second-order valence-corrected chi connectivity index (χ2v) is 7.29. The topological polar surface area (TPSA) is 59.0 Å². The number of carbonyl (C=O) groups excluding carboxylic acids is 2. The first kappa shape index (κ1) is 20.2. The Morgan fingerprint density at radius 1 is 1.18 bits per heavy atom. The van der Waals surface area contributed by atoms with E-state index in [0.717, 1.165) is 6.42 Å². The summed E-state index contributed by atoms with van der Waals surface area (Å²) in [5, 5.41) is 0.465. The zero-order valence-electron chi connectivity index (χ0n) is 16.0. The molecule has 146 valence electrons. The largest absolute Gasteiger partial charge is 0.379 e. The Bertz CT molecular complexity index is 895. The maximum atomic E-state index is 13.2. The second kappa shape index (κ2) is 9.13. The van der Waals surface area contributed by atoms with Crippen LogP contribution in [0.2, 0.25) is 5.02 Å². The van der Waals surface area contributed by atoms with Crippen LogP contribution in [0.15, 0.2) is 53.5 Å². The van der Waals surface area contributed by atoms with E-state index in [9.17, 15) is 9.59 Å². The summed E-state index contributed by atoms with van der Waals surface area (Å²) < 4.78 is 5.51. The van der Waals surface area contributed by atoms with Gasteiger partial charge in [-0.05, 0) is 50.1 Å². The number of amides is 2. The van der Waals surface area contributed by atoms with Crippen LogP contribution in [-0.4, -0.2) is 37.3 Å². The summed E-state index contributed by atoms with van der Waals surface area (Å²) in [6.07, 6.45) is 2.60. The van der Waals surface area contributed by atoms with Gasteiger partial charge in [-0.2, -0.15) is 0 Å². The van der Waals surface area contributed by atoms with Gasteiger partial charge in [0.2, 0.25) is 5.91 Å². The molecule has 0 aromatic heterocycles. The highest BCUT2D eigenvalue weighted by molar-refractivity contribution is 6.32. The van der Waals surface area contributed by atoms with Gasteiger partial charge in [0, 0.05) is 30.0 Å². The molecule has 0 fully saturated rings. The van der Waals surface area contributed by atoms with Crippen molar-refractivity contribution in [2.45, 2.75) is 32.3 Å². The first-order valence-electron chi connectivity index (χ1n) is 9.33. The Kier molecular flexibility index (Phi) is 6.60. The van der Waals surface area contributed by atoms with Crippen molar-refractivity contribution in [1.29, 1.82) is 0 Å². The van der Waals surface area contributed by atoms with Gasteiger partial charge in [0.05, 0.1) is 17.7 Å². The molecule has 1 aliphatic rings. The maximum Gasteiger partial charge on any atom is 0.265 e. The third kappa shape index (κ3) is 4.49. The molecule has 28 heavy (non-hydrogen) atoms. The quantitative estimate of drug-likeness (QED) is 0.392. The van der Waals surface area contributed by atoms with Crippen molar-refractivity contribution in [2.24, 2.45) is 4.99 Å². The Morgan fingerprint density at radius 3 is 2.71 bits per heavy atom. The van der Waals surface area contributed by atoms with Crippen LogP contribution >= 0.6 is 11.6 Å². The van der Waals surface area contributed by atoms with Crippen LogP contribution < -0.4 is 4.90 Å². The normalized spacial score (nSPS) is 16.9. The van der Waals surface area contributed by atoms with E-state index in [0.29, 0.717) is 35.0 Å². The number of hydrogen-bond acceptors (Lipinski definition) is 4. The lowest BCUT2D eigenvalue weighted by molar-refractivity contribution is -0.118. The molecule has 0 saturated heterocycles. The number of fused-ring (bicyclic) bond motifs is 1. The number of benzene rings is 2. The summed E-state index contributed by atoms with van der Waals surface area (Å²) in [5.41, 5.74) is 1.64. The summed E-state index contributed by atoms with van der Waals surface area (Å²) in [7, 11) is 0. The number of rotatable bonds is 7. The number of hydrogen-bond donors (Lipinski definition) is 0. The minimum atomic E-state index is -0.612. The molecule has 2 aromatic rings. The molecular weight excluding hydrogens is 376 g/mol. The van der Waals surface area contributed by atoms with Gasteiger partial charge >= 0.3 is 0 Å². The molecule has 0 bridgehead atoms. The molecule has 0 N–H and O–H groups in total. The summed E-state index contributed by atoms with van der Waals surface area (Å²) in [6.45, 7) is 5.16. The van der Waals surface area contributed by atoms with Crippen LogP contribution in [0.4, 0.5) is 5.69 Å². The van der Waals surface area contributed by atoms with E-state index in [1.54, 1.807) is 48.7 Å². The van der Waals surface area contributed by atoms with Gasteiger partial charge < -0.3 is 4.74 Å². The van der Waals surface area contributed by atoms with E-state index in [2.05, 4.69) is 4.99 Å². The minimum Gasteiger partial charge on any atom is -0.379 e. The first-order valence-corrected chi connectivity index (χ1v) is 9.71. The summed E-state index contributed by atoms with van der Waals surface area (Å²) in [5.74, 6) is -1.29. The number of nitrogens with zero attached hydrogens (tertiary/aromatic N) is 2. The fraction of sp³-hybridized carbons (Fsp3) is 0.318. The van der Waals surface area contributed by atoms with Gasteiger partial charge in [-0.15, -0.1) is 0 Å². The van der Waals surface area contributed by atoms with Crippen LogP contribution in [0.5, 0.6) is 0 Å². The third-order valence-corrected chi connectivity index (χ3v) is 4.65. The van der Waals surface area contributed by atoms with Gasteiger partial charge in [0.1, 0.15) is 0 Å². The monoisotopic (exact) mass is 398 g/mol. The van der Waals surface area contributed by atoms with Crippen molar-refractivity contribution in [3.63, 3.8) is 0 Å². The lowest BCUT2D eigenvalue weighted by Gasteiger charge is -2.31. The fourth-order valence-electron chi connectivity index (χ4n) is 3.11. The number of carbonyl (C=O) groups is 2. The third-order valence-electron chi connectivity index (χ3n) is 4.42. The number of aliphatic imine (C=N–C) groups is 1. The highest BCUT2D eigenvalue weighted by Crippen LogP contribution is 2.32. The molecule has 0 aliphatic carbocycles. The Hall–Kier alpha value is -2.50. The van der Waals surface area contributed by atoms with Crippen molar-refractivity contribution < 1.29 is 14.3 Å². The summed E-state index contributed by atoms with van der Waals surface area (Å²) in [6, 6.07) is 13.9. The van der Waals surface area contributed by atoms with E-state index in [4.69, 9.17) is 16.3 Å². The molecule has 2 amide bonds. The Balaban J connectivity index is 1.85. The van der Waals surface area contributed by atoms with Crippen LogP contribution in [0.25, 0.3) is 0 Å². The molecule has 6 heteroatoms. The minimum absolute atomic E-state index is 0.188. The second-order valence-electron chi connectivity index (χ2n) is 6.85. The molecule has 0 saturated carbocycles. The summed E-state index contributed by atoms with van der Waals surface area (Å²) >= 11 is 6.06. The number of ether oxygens (including phenoxy) is 1. The highest BCUT2D eigenvalue weighted by Gasteiger charge is 2.38. The fourth-order valence-corrected chi connectivity index (χ4v) is 3.30. The van der Waals surface area contributed by atoms with Gasteiger partial charge in [-0.3, -0.25) is 14.6 Å². The highest BCUT2D eigenvalue weighted by atomic mass is 35.5. The van der Waals surface area contributed by atoms with E-state index in [1.807, 2.05) is 19.9 Å². The molecule has 2 aromatic carbocycles. The number of anilines is 1. The van der Waals surface area contributed by atoms with E-state index >= 15 is 0 Å². The van der Waals surface area contributed by atoms with E-state index in [1.165, 1.54) is 4.90 Å². The van der Waals surface area contributed by atoms with Crippen LogP contribution in [-0.2, 0) is 9.53 Å². The molecule has 3 rings (SSSR count). The standard InChI is InChI=1S/C22H23ClN2O3/c1-15(2)28-12-6-11-24-14-20-18-9-3-4-10-19(18)21(26)25(22(20)27)17-8-5-7-16(23)13-17/h3-5,7-10,13-15,20H,6,11-12H2,1-2H3. The predicted octanol–water partition coefficient (Wildman–Crippen LogP) is 4.50. The lowest BCUT2D eigenvalue weighted by Crippen LogP contribution is -2.45. The van der Waals surface area contributed by atoms with Crippen molar-refractivity contribution in [3.05, 3.63) is 64.7 Å². The average molecular weight is 399 g/mol. The molecule has 1 unspecified atom stereocenters. The predicted molar refractivity (Wildman–Crippen MR) is 112 cm³/mol. The average Bonchev–Trinajstić information content (AvgIpc) is 2.67. The van der Waals surface area contributed by atoms with Crippen molar-refractivity contribution in [1.82, 2.24) is 0 Å². The summed E-state index contributed by atoms with van der Waals surface area (Å²) in [4.78, 5) is 31.7. The van der Waals surface area contributed by atoms with Gasteiger partial charge in [0.25, 0.3) is 5.91 Å². The Labute approximate surface area is 170 Å². The zero-order valence-corrected chi connectivity index (χ0v) is 16.7. The van der Waals surface area contributed by atoms with Gasteiger partial charge in [0.15, 0.2) is 0 Å². The zero-order chi connectivity index (χ0) is 20.1. The SMILES string of the molecule is CC(C)OCCCN=CC1C(=O)N(c2cccc(Cl)c2)C(=O)c2ccccc21. The maximum absolute atomic E-state index is 13.2. The smallest absolute Gasteiger partial charge is 0.265 e. The van der Waals surface area contributed by atoms with Gasteiger partial charge in [-0.1, -0.05) is 35.9 Å². The molecule has 0 radical (unpaired) electrons. The molecule has 0 spiro atoms. The molecule has 1 heterocycles. The molecule has 1 aliphatic heterocycles. The van der Waals surface area contributed by atoms with Gasteiger partial charge in [-0.25, -0.2) is 4.90 Å². The lowest BCUT2D eigenvalue weighted by atomic mass is 9.89. The molecule has 5 nitrogen and oxygen atoms in total. The molecule has 1 atom stereocenters. The van der Waals surface area contributed by atoms with Crippen molar-refractivity contribution >= 4 is 35.3 Å². The van der Waals surface area contributed by atoms with E-state index < -0.39 is 5.92 Å². The number of imide groups is 1. The van der Waals surface area contributed by atoms with Crippen molar-refractivity contribution in [2.75, 3.05) is 18.1 Å². The number of halogens is 1. The first-order chi connectivity index (χ1) is 13.5. The van der Waals surface area contributed by atoms with Crippen LogP contribution in [0.1, 0.15) is 42.1 Å². The molecular formula is C22H23ClN2O3. The van der Waals surface area contributed by atoms with E-state index in [-0.39, 0.29) is 17.9 Å². The Morgan fingerprint density at radius 2 is 1.96 bits per heavy atom. The van der Waals surface area contributed by atoms with Crippen LogP contribution in [0, 0.1) is 0 Å². The van der Waals surface area contributed by atoms with Crippen molar-refractivity contribution in [3.8, 4) is 0 Å².